The van der Waals surface area contributed by atoms with Gasteiger partial charge >= 0.3 is 0 Å². The fourth-order valence-corrected chi connectivity index (χ4v) is 2.28. The first-order valence-corrected chi connectivity index (χ1v) is 7.01. The zero-order chi connectivity index (χ0) is 15.5. The molecule has 2 aromatic rings. The van der Waals surface area contributed by atoms with Crippen molar-refractivity contribution in [1.82, 2.24) is 20.3 Å². The fourth-order valence-electron chi connectivity index (χ4n) is 2.28. The quantitative estimate of drug-likeness (QED) is 0.826. The zero-order valence-electron chi connectivity index (χ0n) is 12.5. The predicted molar refractivity (Wildman–Crippen MR) is 77.8 cm³/mol. The van der Waals surface area contributed by atoms with E-state index in [1.807, 2.05) is 25.1 Å². The van der Waals surface area contributed by atoms with Gasteiger partial charge in [0.2, 0.25) is 11.6 Å². The maximum atomic E-state index is 12.1. The topological polar surface area (TPSA) is 84.6 Å². The second kappa shape index (κ2) is 6.00. The molecule has 8 nitrogen and oxygen atoms in total. The molecule has 0 unspecified atom stereocenters. The Balaban J connectivity index is 1.58. The molecule has 3 heterocycles. The first-order valence-electron chi connectivity index (χ1n) is 7.01. The van der Waals surface area contributed by atoms with E-state index in [4.69, 9.17) is 9.26 Å². The molecular weight excluding hydrogens is 286 g/mol. The third-order valence-corrected chi connectivity index (χ3v) is 3.45. The largest absolute Gasteiger partial charge is 0.471 e. The van der Waals surface area contributed by atoms with E-state index in [-0.39, 0.29) is 17.8 Å². The van der Waals surface area contributed by atoms with Crippen molar-refractivity contribution in [3.05, 3.63) is 30.2 Å². The fraction of sp³-hybridized carbons (Fsp3) is 0.429. The summed E-state index contributed by atoms with van der Waals surface area (Å²) in [6.07, 6.45) is 2.11. The SMILES string of the molecule is CN(C)c1ccc(O[C@@H]2CCN(C(=O)c3ccno3)C2)nn1. The van der Waals surface area contributed by atoms with Crippen LogP contribution in [0.1, 0.15) is 17.0 Å². The molecule has 1 saturated heterocycles. The van der Waals surface area contributed by atoms with Gasteiger partial charge in [0.1, 0.15) is 6.10 Å². The van der Waals surface area contributed by atoms with Crippen molar-refractivity contribution in [2.45, 2.75) is 12.5 Å². The Bertz CT molecular complexity index is 626. The average Bonchev–Trinajstić information content (AvgIpc) is 3.19. The molecule has 3 rings (SSSR count). The molecular formula is C14H17N5O3. The molecule has 0 bridgehead atoms. The molecule has 22 heavy (non-hydrogen) atoms. The summed E-state index contributed by atoms with van der Waals surface area (Å²) in [5.41, 5.74) is 0. The first-order chi connectivity index (χ1) is 10.6. The van der Waals surface area contributed by atoms with Gasteiger partial charge in [-0.2, -0.15) is 0 Å². The van der Waals surface area contributed by atoms with Crippen molar-refractivity contribution < 1.29 is 14.1 Å². The van der Waals surface area contributed by atoms with Crippen LogP contribution >= 0.6 is 0 Å². The Hall–Kier alpha value is -2.64. The Morgan fingerprint density at radius 1 is 1.36 bits per heavy atom. The lowest BCUT2D eigenvalue weighted by Gasteiger charge is -2.15. The van der Waals surface area contributed by atoms with Crippen LogP contribution in [0.2, 0.25) is 0 Å². The van der Waals surface area contributed by atoms with Crippen LogP contribution in [0.3, 0.4) is 0 Å². The molecule has 0 saturated carbocycles. The van der Waals surface area contributed by atoms with Crippen LogP contribution in [0.5, 0.6) is 5.88 Å². The number of carbonyl (C=O) groups is 1. The number of likely N-dealkylation sites (tertiary alicyclic amines) is 1. The third-order valence-electron chi connectivity index (χ3n) is 3.45. The van der Waals surface area contributed by atoms with Crippen molar-refractivity contribution in [2.24, 2.45) is 0 Å². The number of amides is 1. The van der Waals surface area contributed by atoms with Gasteiger partial charge in [0.05, 0.1) is 12.7 Å². The van der Waals surface area contributed by atoms with E-state index in [1.165, 1.54) is 6.20 Å². The lowest BCUT2D eigenvalue weighted by atomic mass is 10.3. The molecule has 1 fully saturated rings. The Labute approximate surface area is 127 Å². The van der Waals surface area contributed by atoms with Crippen molar-refractivity contribution in [2.75, 3.05) is 32.1 Å². The van der Waals surface area contributed by atoms with Crippen LogP contribution in [0.4, 0.5) is 5.82 Å². The summed E-state index contributed by atoms with van der Waals surface area (Å²) in [5.74, 6) is 1.30. The average molecular weight is 303 g/mol. The van der Waals surface area contributed by atoms with Gasteiger partial charge in [0.25, 0.3) is 5.91 Å². The van der Waals surface area contributed by atoms with Crippen LogP contribution in [0, 0.1) is 0 Å². The van der Waals surface area contributed by atoms with E-state index < -0.39 is 0 Å². The molecule has 116 valence electrons. The summed E-state index contributed by atoms with van der Waals surface area (Å²) >= 11 is 0. The summed E-state index contributed by atoms with van der Waals surface area (Å²) in [6.45, 7) is 1.12. The summed E-state index contributed by atoms with van der Waals surface area (Å²) in [7, 11) is 3.79. The van der Waals surface area contributed by atoms with Gasteiger partial charge in [-0.25, -0.2) is 0 Å². The Kier molecular flexibility index (Phi) is 3.90. The minimum absolute atomic E-state index is 0.0913. The van der Waals surface area contributed by atoms with Gasteiger partial charge in [-0.3, -0.25) is 4.79 Å². The maximum absolute atomic E-state index is 12.1. The molecule has 0 aliphatic carbocycles. The van der Waals surface area contributed by atoms with Crippen LogP contribution in [0.15, 0.2) is 28.9 Å². The number of hydrogen-bond acceptors (Lipinski definition) is 7. The minimum atomic E-state index is -0.169. The highest BCUT2D eigenvalue weighted by Crippen LogP contribution is 2.19. The van der Waals surface area contributed by atoms with Crippen LogP contribution < -0.4 is 9.64 Å². The van der Waals surface area contributed by atoms with E-state index in [9.17, 15) is 4.79 Å². The molecule has 1 amide bonds. The van der Waals surface area contributed by atoms with E-state index in [1.54, 1.807) is 17.0 Å². The molecule has 0 aromatic carbocycles. The molecule has 1 atom stereocenters. The highest BCUT2D eigenvalue weighted by atomic mass is 16.5. The van der Waals surface area contributed by atoms with Crippen molar-refractivity contribution in [3.63, 3.8) is 0 Å². The first kappa shape index (κ1) is 14.3. The summed E-state index contributed by atoms with van der Waals surface area (Å²) < 4.78 is 10.7. The van der Waals surface area contributed by atoms with Crippen LogP contribution in [0.25, 0.3) is 0 Å². The number of rotatable bonds is 4. The van der Waals surface area contributed by atoms with Gasteiger partial charge in [-0.1, -0.05) is 5.16 Å². The van der Waals surface area contributed by atoms with E-state index in [0.29, 0.717) is 19.0 Å². The van der Waals surface area contributed by atoms with Crippen molar-refractivity contribution >= 4 is 11.7 Å². The normalized spacial score (nSPS) is 17.5. The molecule has 1 aliphatic rings. The lowest BCUT2D eigenvalue weighted by molar-refractivity contribution is 0.0730. The highest BCUT2D eigenvalue weighted by Gasteiger charge is 2.30. The Morgan fingerprint density at radius 2 is 2.23 bits per heavy atom. The van der Waals surface area contributed by atoms with Crippen LogP contribution in [-0.4, -0.2) is 59.4 Å². The molecule has 0 N–H and O–H groups in total. The zero-order valence-corrected chi connectivity index (χ0v) is 12.5. The van der Waals surface area contributed by atoms with E-state index in [0.717, 1.165) is 12.2 Å². The third kappa shape index (κ3) is 3.00. The summed E-state index contributed by atoms with van der Waals surface area (Å²) in [5, 5.41) is 11.6. The molecule has 2 aromatic heterocycles. The second-order valence-corrected chi connectivity index (χ2v) is 5.28. The number of nitrogens with zero attached hydrogens (tertiary/aromatic N) is 5. The van der Waals surface area contributed by atoms with Gasteiger partial charge in [-0.15, -0.1) is 10.2 Å². The second-order valence-electron chi connectivity index (χ2n) is 5.28. The highest BCUT2D eigenvalue weighted by molar-refractivity contribution is 5.91. The summed E-state index contributed by atoms with van der Waals surface area (Å²) in [6, 6.07) is 5.18. The summed E-state index contributed by atoms with van der Waals surface area (Å²) in [4.78, 5) is 15.7. The van der Waals surface area contributed by atoms with Gasteiger partial charge < -0.3 is 19.1 Å². The molecule has 0 spiro atoms. The molecule has 0 radical (unpaired) electrons. The Morgan fingerprint density at radius 3 is 2.86 bits per heavy atom. The lowest BCUT2D eigenvalue weighted by Crippen LogP contribution is -2.30. The molecule has 1 aliphatic heterocycles. The maximum Gasteiger partial charge on any atom is 0.292 e. The van der Waals surface area contributed by atoms with Crippen molar-refractivity contribution in [3.8, 4) is 5.88 Å². The van der Waals surface area contributed by atoms with E-state index in [2.05, 4.69) is 15.4 Å². The monoisotopic (exact) mass is 303 g/mol. The standard InChI is InChI=1S/C14H17N5O3/c1-18(2)12-3-4-13(17-16-12)21-10-6-8-19(9-10)14(20)11-5-7-15-22-11/h3-5,7,10H,6,8-9H2,1-2H3/t10-/m1/s1. The number of hydrogen-bond donors (Lipinski definition) is 0. The van der Waals surface area contributed by atoms with Gasteiger partial charge in [-0.05, 0) is 6.07 Å². The molecule has 8 heteroatoms. The smallest absolute Gasteiger partial charge is 0.292 e. The number of anilines is 1. The van der Waals surface area contributed by atoms with Crippen molar-refractivity contribution in [1.29, 1.82) is 0 Å². The van der Waals surface area contributed by atoms with E-state index >= 15 is 0 Å². The van der Waals surface area contributed by atoms with Crippen LogP contribution in [-0.2, 0) is 0 Å². The van der Waals surface area contributed by atoms with Gasteiger partial charge in [0, 0.05) is 39.2 Å². The minimum Gasteiger partial charge on any atom is -0.471 e. The van der Waals surface area contributed by atoms with Gasteiger partial charge in [0.15, 0.2) is 5.82 Å². The number of aromatic nitrogens is 3. The predicted octanol–water partition coefficient (Wildman–Crippen LogP) is 0.824. The number of carbonyl (C=O) groups excluding carboxylic acids is 1. The number of ether oxygens (including phenoxy) is 1.